The van der Waals surface area contributed by atoms with Gasteiger partial charge >= 0.3 is 5.69 Å². The molecular weight excluding hydrogens is 260 g/mol. The van der Waals surface area contributed by atoms with Crippen molar-refractivity contribution in [1.29, 1.82) is 0 Å². The van der Waals surface area contributed by atoms with Crippen molar-refractivity contribution >= 4 is 17.3 Å². The highest BCUT2D eigenvalue weighted by atomic mass is 35.5. The van der Waals surface area contributed by atoms with E-state index < -0.39 is 4.92 Å². The molecule has 1 heterocycles. The summed E-state index contributed by atoms with van der Waals surface area (Å²) in [5.41, 5.74) is -0.0792. The number of aryl methyl sites for hydroxylation is 1. The van der Waals surface area contributed by atoms with Gasteiger partial charge in [-0.25, -0.2) is 9.48 Å². The van der Waals surface area contributed by atoms with Gasteiger partial charge in [0.2, 0.25) is 0 Å². The minimum atomic E-state index is -0.533. The Morgan fingerprint density at radius 1 is 1.50 bits per heavy atom. The van der Waals surface area contributed by atoms with Crippen LogP contribution in [0.3, 0.4) is 0 Å². The molecule has 0 aliphatic heterocycles. The standard InChI is InChI=1S/C10H9ClN4O3/c1-13-6-12-14(10(13)16)5-7-2-3-8(11)4-9(7)15(17)18/h2-4,6H,5H2,1H3. The van der Waals surface area contributed by atoms with Gasteiger partial charge in [-0.1, -0.05) is 11.6 Å². The number of hydrogen-bond donors (Lipinski definition) is 0. The van der Waals surface area contributed by atoms with Crippen LogP contribution >= 0.6 is 11.6 Å². The van der Waals surface area contributed by atoms with Crippen molar-refractivity contribution in [3.05, 3.63) is 55.7 Å². The molecule has 0 saturated heterocycles. The monoisotopic (exact) mass is 268 g/mol. The van der Waals surface area contributed by atoms with Gasteiger partial charge in [0.25, 0.3) is 5.69 Å². The van der Waals surface area contributed by atoms with E-state index in [9.17, 15) is 14.9 Å². The molecule has 7 nitrogen and oxygen atoms in total. The molecule has 94 valence electrons. The Morgan fingerprint density at radius 3 is 2.78 bits per heavy atom. The molecule has 0 fully saturated rings. The average Bonchev–Trinajstić information content (AvgIpc) is 2.63. The highest BCUT2D eigenvalue weighted by Crippen LogP contribution is 2.23. The second-order valence-electron chi connectivity index (χ2n) is 3.71. The van der Waals surface area contributed by atoms with Gasteiger partial charge in [-0.05, 0) is 12.1 Å². The molecule has 0 atom stereocenters. The molecule has 0 radical (unpaired) electrons. The van der Waals surface area contributed by atoms with E-state index in [0.29, 0.717) is 5.56 Å². The summed E-state index contributed by atoms with van der Waals surface area (Å²) in [6.45, 7) is 0.0349. The first kappa shape index (κ1) is 12.3. The molecule has 2 aromatic rings. The molecule has 0 aliphatic rings. The van der Waals surface area contributed by atoms with Gasteiger partial charge in [0.15, 0.2) is 0 Å². The molecule has 0 amide bonds. The van der Waals surface area contributed by atoms with Crippen molar-refractivity contribution < 1.29 is 4.92 Å². The molecule has 0 N–H and O–H groups in total. The summed E-state index contributed by atoms with van der Waals surface area (Å²) < 4.78 is 2.44. The number of nitro benzene ring substituents is 1. The number of benzene rings is 1. The third-order valence-corrected chi connectivity index (χ3v) is 2.69. The normalized spacial score (nSPS) is 10.6. The number of nitrogens with zero attached hydrogens (tertiary/aromatic N) is 4. The second kappa shape index (κ2) is 4.61. The molecule has 0 unspecified atom stereocenters. The third-order valence-electron chi connectivity index (χ3n) is 2.45. The van der Waals surface area contributed by atoms with Crippen molar-refractivity contribution in [2.24, 2.45) is 7.05 Å². The van der Waals surface area contributed by atoms with Crippen LogP contribution in [0, 0.1) is 10.1 Å². The molecule has 0 bridgehead atoms. The van der Waals surface area contributed by atoms with Crippen LogP contribution in [0.5, 0.6) is 0 Å². The lowest BCUT2D eigenvalue weighted by molar-refractivity contribution is -0.385. The van der Waals surface area contributed by atoms with E-state index in [2.05, 4.69) is 5.10 Å². The van der Waals surface area contributed by atoms with E-state index in [0.717, 1.165) is 4.68 Å². The quantitative estimate of drug-likeness (QED) is 0.618. The minimum absolute atomic E-state index is 0.0349. The van der Waals surface area contributed by atoms with Crippen LogP contribution in [0.4, 0.5) is 5.69 Å². The van der Waals surface area contributed by atoms with Gasteiger partial charge in [0.05, 0.1) is 17.0 Å². The summed E-state index contributed by atoms with van der Waals surface area (Å²) in [7, 11) is 1.56. The predicted octanol–water partition coefficient (Wildman–Crippen LogP) is 1.19. The maximum Gasteiger partial charge on any atom is 0.345 e. The maximum absolute atomic E-state index is 11.6. The summed E-state index contributed by atoms with van der Waals surface area (Å²) in [5.74, 6) is 0. The Morgan fingerprint density at radius 2 is 2.22 bits per heavy atom. The summed E-state index contributed by atoms with van der Waals surface area (Å²) in [6, 6.07) is 4.31. The van der Waals surface area contributed by atoms with Gasteiger partial charge in [0, 0.05) is 18.1 Å². The minimum Gasteiger partial charge on any atom is -0.285 e. The zero-order chi connectivity index (χ0) is 13.3. The van der Waals surface area contributed by atoms with Gasteiger partial charge in [0.1, 0.15) is 6.33 Å². The SMILES string of the molecule is Cn1cnn(Cc2ccc(Cl)cc2[N+](=O)[O-])c1=O. The Hall–Kier alpha value is -2.15. The molecule has 0 spiro atoms. The number of halogens is 1. The van der Waals surface area contributed by atoms with Crippen molar-refractivity contribution in [3.8, 4) is 0 Å². The molecule has 1 aromatic carbocycles. The molecule has 1 aromatic heterocycles. The zero-order valence-corrected chi connectivity index (χ0v) is 10.2. The Bertz CT molecular complexity index is 661. The number of rotatable bonds is 3. The fourth-order valence-corrected chi connectivity index (χ4v) is 1.70. The lowest BCUT2D eigenvalue weighted by Crippen LogP contribution is -2.23. The Balaban J connectivity index is 2.43. The van der Waals surface area contributed by atoms with E-state index in [1.54, 1.807) is 7.05 Å². The van der Waals surface area contributed by atoms with Gasteiger partial charge in [-0.2, -0.15) is 5.10 Å². The lowest BCUT2D eigenvalue weighted by Gasteiger charge is -2.02. The molecule has 18 heavy (non-hydrogen) atoms. The van der Waals surface area contributed by atoms with Crippen LogP contribution in [0.1, 0.15) is 5.56 Å². The fourth-order valence-electron chi connectivity index (χ4n) is 1.53. The van der Waals surface area contributed by atoms with Crippen LogP contribution in [0.15, 0.2) is 29.3 Å². The Labute approximate surface area is 106 Å². The topological polar surface area (TPSA) is 83.0 Å². The summed E-state index contributed by atoms with van der Waals surface area (Å²) in [5, 5.41) is 15.0. The smallest absolute Gasteiger partial charge is 0.285 e. The molecular formula is C10H9ClN4O3. The second-order valence-corrected chi connectivity index (χ2v) is 4.15. The van der Waals surface area contributed by atoms with Crippen molar-refractivity contribution in [1.82, 2.24) is 14.3 Å². The summed E-state index contributed by atoms with van der Waals surface area (Å²) in [4.78, 5) is 21.9. The first-order valence-electron chi connectivity index (χ1n) is 5.00. The lowest BCUT2D eigenvalue weighted by atomic mass is 10.2. The Kier molecular flexibility index (Phi) is 3.15. The highest BCUT2D eigenvalue weighted by molar-refractivity contribution is 6.30. The van der Waals surface area contributed by atoms with Crippen LogP contribution in [-0.4, -0.2) is 19.3 Å². The first-order valence-corrected chi connectivity index (χ1v) is 5.38. The van der Waals surface area contributed by atoms with Crippen molar-refractivity contribution in [3.63, 3.8) is 0 Å². The highest BCUT2D eigenvalue weighted by Gasteiger charge is 2.16. The van der Waals surface area contributed by atoms with E-state index in [1.165, 1.54) is 29.1 Å². The van der Waals surface area contributed by atoms with Crippen molar-refractivity contribution in [2.75, 3.05) is 0 Å². The van der Waals surface area contributed by atoms with Crippen molar-refractivity contribution in [2.45, 2.75) is 6.54 Å². The first-order chi connectivity index (χ1) is 8.49. The van der Waals surface area contributed by atoms with E-state index >= 15 is 0 Å². The molecule has 0 aliphatic carbocycles. The number of aromatic nitrogens is 3. The maximum atomic E-state index is 11.6. The van der Waals surface area contributed by atoms with Gasteiger partial charge in [-0.3, -0.25) is 14.7 Å². The molecule has 2 rings (SSSR count). The largest absolute Gasteiger partial charge is 0.345 e. The number of nitro groups is 1. The van der Waals surface area contributed by atoms with Crippen LogP contribution in [0.25, 0.3) is 0 Å². The van der Waals surface area contributed by atoms with Crippen LogP contribution in [0.2, 0.25) is 5.02 Å². The zero-order valence-electron chi connectivity index (χ0n) is 9.41. The number of hydrogen-bond acceptors (Lipinski definition) is 4. The average molecular weight is 269 g/mol. The van der Waals surface area contributed by atoms with E-state index in [1.807, 2.05) is 0 Å². The third kappa shape index (κ3) is 2.25. The van der Waals surface area contributed by atoms with Crippen LogP contribution < -0.4 is 5.69 Å². The van der Waals surface area contributed by atoms with E-state index in [-0.39, 0.29) is 22.9 Å². The van der Waals surface area contributed by atoms with E-state index in [4.69, 9.17) is 11.6 Å². The van der Waals surface area contributed by atoms with Crippen LogP contribution in [-0.2, 0) is 13.6 Å². The predicted molar refractivity (Wildman–Crippen MR) is 64.7 cm³/mol. The van der Waals surface area contributed by atoms with Gasteiger partial charge in [-0.15, -0.1) is 0 Å². The molecule has 8 heteroatoms. The molecule has 0 saturated carbocycles. The fraction of sp³-hybridized carbons (Fsp3) is 0.200. The van der Waals surface area contributed by atoms with Gasteiger partial charge < -0.3 is 0 Å². The summed E-state index contributed by atoms with van der Waals surface area (Å²) >= 11 is 5.71. The summed E-state index contributed by atoms with van der Waals surface area (Å²) in [6.07, 6.45) is 1.35.